The van der Waals surface area contributed by atoms with Gasteiger partial charge in [0.15, 0.2) is 5.78 Å². The molecule has 0 spiro atoms. The van der Waals surface area contributed by atoms with Crippen LogP contribution in [0.3, 0.4) is 0 Å². The molecule has 2 N–H and O–H groups in total. The maximum Gasteiger partial charge on any atom is 0.293 e. The lowest BCUT2D eigenvalue weighted by atomic mass is 9.94. The summed E-state index contributed by atoms with van der Waals surface area (Å²) in [4.78, 5) is 38.5. The smallest absolute Gasteiger partial charge is 0.293 e. The van der Waals surface area contributed by atoms with Crippen LogP contribution in [0.25, 0.3) is 0 Å². The summed E-state index contributed by atoms with van der Waals surface area (Å²) in [7, 11) is 0. The molecular formula is C25H23N3O5. The zero-order valence-corrected chi connectivity index (χ0v) is 17.8. The average molecular weight is 445 g/mol. The fourth-order valence-corrected chi connectivity index (χ4v) is 4.01. The van der Waals surface area contributed by atoms with Crippen LogP contribution in [-0.2, 0) is 4.79 Å². The van der Waals surface area contributed by atoms with Crippen molar-refractivity contribution < 1.29 is 19.6 Å². The average Bonchev–Trinajstić information content (AvgIpc) is 2.85. The van der Waals surface area contributed by atoms with Crippen LogP contribution in [0.15, 0.2) is 72.8 Å². The lowest BCUT2D eigenvalue weighted by molar-refractivity contribution is -0.384. The van der Waals surface area contributed by atoms with E-state index in [0.717, 1.165) is 0 Å². The van der Waals surface area contributed by atoms with E-state index in [1.54, 1.807) is 54.6 Å². The first-order valence-electron chi connectivity index (χ1n) is 10.7. The van der Waals surface area contributed by atoms with Crippen molar-refractivity contribution in [2.45, 2.75) is 12.8 Å². The third-order valence-corrected chi connectivity index (χ3v) is 5.81. The maximum atomic E-state index is 12.7. The van der Waals surface area contributed by atoms with Crippen molar-refractivity contribution >= 4 is 28.8 Å². The first-order chi connectivity index (χ1) is 15.9. The minimum Gasteiger partial charge on any atom is -0.508 e. The first kappa shape index (κ1) is 22.0. The normalized spacial score (nSPS) is 14.0. The van der Waals surface area contributed by atoms with Crippen molar-refractivity contribution in [3.8, 4) is 5.75 Å². The van der Waals surface area contributed by atoms with Gasteiger partial charge in [-0.25, -0.2) is 0 Å². The molecule has 1 saturated heterocycles. The van der Waals surface area contributed by atoms with Crippen molar-refractivity contribution in [2.75, 3.05) is 23.3 Å². The number of amides is 1. The Morgan fingerprint density at radius 2 is 1.61 bits per heavy atom. The Labute approximate surface area is 190 Å². The standard InChI is InChI=1S/C25H23N3O5/c29-21-9-7-20(8-10-21)26-25(31)18-12-14-27(15-13-18)22-11-6-19(16-23(22)28(32)33)24(30)17-4-2-1-3-5-17/h1-11,16,18,29H,12-15H2,(H,26,31). The van der Waals surface area contributed by atoms with Crippen molar-refractivity contribution in [3.05, 3.63) is 94.0 Å². The Kier molecular flexibility index (Phi) is 6.35. The van der Waals surface area contributed by atoms with E-state index in [9.17, 15) is 24.8 Å². The number of anilines is 2. The molecule has 3 aromatic carbocycles. The number of rotatable bonds is 6. The predicted octanol–water partition coefficient (Wildman–Crippen LogP) is 4.39. The first-order valence-corrected chi connectivity index (χ1v) is 10.7. The molecule has 0 radical (unpaired) electrons. The summed E-state index contributed by atoms with van der Waals surface area (Å²) in [6, 6.07) is 19.5. The number of ketones is 1. The molecule has 0 aromatic heterocycles. The Bertz CT molecular complexity index is 1170. The van der Waals surface area contributed by atoms with Gasteiger partial charge in [-0.1, -0.05) is 30.3 Å². The minimum absolute atomic E-state index is 0.112. The number of piperidine rings is 1. The molecule has 1 fully saturated rings. The van der Waals surface area contributed by atoms with Crippen LogP contribution in [-0.4, -0.2) is 34.8 Å². The number of nitrogens with one attached hydrogen (secondary N) is 1. The highest BCUT2D eigenvalue weighted by Crippen LogP contribution is 2.33. The Hall–Kier alpha value is -4.20. The third-order valence-electron chi connectivity index (χ3n) is 5.81. The van der Waals surface area contributed by atoms with Crippen molar-refractivity contribution in [2.24, 2.45) is 5.92 Å². The molecule has 4 rings (SSSR count). The largest absolute Gasteiger partial charge is 0.508 e. The molecule has 3 aromatic rings. The molecule has 0 bridgehead atoms. The molecule has 1 amide bonds. The van der Waals surface area contributed by atoms with Gasteiger partial charge in [-0.2, -0.15) is 0 Å². The van der Waals surface area contributed by atoms with Crippen molar-refractivity contribution in [1.29, 1.82) is 0 Å². The summed E-state index contributed by atoms with van der Waals surface area (Å²) in [5.41, 5.74) is 1.67. The second kappa shape index (κ2) is 9.52. The molecular weight excluding hydrogens is 422 g/mol. The number of phenols is 1. The van der Waals surface area contributed by atoms with Crippen LogP contribution in [0.1, 0.15) is 28.8 Å². The van der Waals surface area contributed by atoms with Gasteiger partial charge >= 0.3 is 0 Å². The predicted molar refractivity (Wildman–Crippen MR) is 125 cm³/mol. The summed E-state index contributed by atoms with van der Waals surface area (Å²) in [6.45, 7) is 0.973. The van der Waals surface area contributed by atoms with E-state index in [4.69, 9.17) is 0 Å². The van der Waals surface area contributed by atoms with Crippen molar-refractivity contribution in [3.63, 3.8) is 0 Å². The fraction of sp³-hybridized carbons (Fsp3) is 0.200. The summed E-state index contributed by atoms with van der Waals surface area (Å²) in [5, 5.41) is 24.0. The number of aromatic hydroxyl groups is 1. The Morgan fingerprint density at radius 1 is 0.939 bits per heavy atom. The van der Waals surface area contributed by atoms with Gasteiger partial charge in [0.1, 0.15) is 11.4 Å². The highest BCUT2D eigenvalue weighted by Gasteiger charge is 2.29. The maximum absolute atomic E-state index is 12.7. The number of hydrogen-bond acceptors (Lipinski definition) is 6. The molecule has 1 heterocycles. The monoisotopic (exact) mass is 445 g/mol. The Morgan fingerprint density at radius 3 is 2.24 bits per heavy atom. The SMILES string of the molecule is O=C(c1ccccc1)c1ccc(N2CCC(C(=O)Nc3ccc(O)cc3)CC2)c([N+](=O)[O-])c1. The number of nitro groups is 1. The van der Waals surface area contributed by atoms with Crippen LogP contribution in [0.5, 0.6) is 5.75 Å². The zero-order chi connectivity index (χ0) is 23.4. The molecule has 0 atom stereocenters. The second-order valence-electron chi connectivity index (χ2n) is 7.95. The van der Waals surface area contributed by atoms with Crippen LogP contribution >= 0.6 is 0 Å². The molecule has 0 unspecified atom stereocenters. The summed E-state index contributed by atoms with van der Waals surface area (Å²) >= 11 is 0. The number of nitro benzene ring substituents is 1. The molecule has 8 nitrogen and oxygen atoms in total. The van der Waals surface area contributed by atoms with Gasteiger partial charge in [0, 0.05) is 41.9 Å². The van der Waals surface area contributed by atoms with Gasteiger partial charge in [-0.3, -0.25) is 19.7 Å². The van der Waals surface area contributed by atoms with Crippen molar-refractivity contribution in [1.82, 2.24) is 0 Å². The quantitative estimate of drug-likeness (QED) is 0.252. The number of hydrogen-bond donors (Lipinski definition) is 2. The molecule has 1 aliphatic rings. The summed E-state index contributed by atoms with van der Waals surface area (Å²) in [6.07, 6.45) is 1.09. The molecule has 8 heteroatoms. The molecule has 0 aliphatic carbocycles. The number of nitrogens with zero attached hydrogens (tertiary/aromatic N) is 2. The number of phenolic OH excluding ortho intramolecular Hbond substituents is 1. The number of carbonyl (C=O) groups excluding carboxylic acids is 2. The highest BCUT2D eigenvalue weighted by molar-refractivity contribution is 6.09. The second-order valence-corrected chi connectivity index (χ2v) is 7.95. The van der Waals surface area contributed by atoms with E-state index in [1.165, 1.54) is 18.2 Å². The molecule has 0 saturated carbocycles. The van der Waals surface area contributed by atoms with Gasteiger partial charge in [-0.05, 0) is 49.2 Å². The van der Waals surface area contributed by atoms with Gasteiger partial charge < -0.3 is 15.3 Å². The Balaban J connectivity index is 1.45. The number of carbonyl (C=O) groups is 2. The van der Waals surface area contributed by atoms with Crippen LogP contribution in [0.4, 0.5) is 17.1 Å². The van der Waals surface area contributed by atoms with E-state index in [0.29, 0.717) is 42.9 Å². The van der Waals surface area contributed by atoms with E-state index in [2.05, 4.69) is 5.32 Å². The lowest BCUT2D eigenvalue weighted by Gasteiger charge is -2.32. The molecule has 1 aliphatic heterocycles. The summed E-state index contributed by atoms with van der Waals surface area (Å²) in [5.74, 6) is -0.471. The topological polar surface area (TPSA) is 113 Å². The highest BCUT2D eigenvalue weighted by atomic mass is 16.6. The number of benzene rings is 3. The van der Waals surface area contributed by atoms with E-state index in [1.807, 2.05) is 4.90 Å². The lowest BCUT2D eigenvalue weighted by Crippen LogP contribution is -2.38. The van der Waals surface area contributed by atoms with Crippen LogP contribution < -0.4 is 10.2 Å². The van der Waals surface area contributed by atoms with Crippen LogP contribution in [0, 0.1) is 16.0 Å². The third kappa shape index (κ3) is 5.01. The van der Waals surface area contributed by atoms with E-state index in [-0.39, 0.29) is 34.6 Å². The van der Waals surface area contributed by atoms with E-state index < -0.39 is 4.92 Å². The molecule has 168 valence electrons. The van der Waals surface area contributed by atoms with Gasteiger partial charge in [0.2, 0.25) is 5.91 Å². The fourth-order valence-electron chi connectivity index (χ4n) is 4.01. The van der Waals surface area contributed by atoms with Gasteiger partial charge in [-0.15, -0.1) is 0 Å². The van der Waals surface area contributed by atoms with E-state index >= 15 is 0 Å². The molecule has 33 heavy (non-hydrogen) atoms. The van der Waals surface area contributed by atoms with Gasteiger partial charge in [0.05, 0.1) is 4.92 Å². The van der Waals surface area contributed by atoms with Gasteiger partial charge in [0.25, 0.3) is 5.69 Å². The van der Waals surface area contributed by atoms with Crippen LogP contribution in [0.2, 0.25) is 0 Å². The minimum atomic E-state index is -0.472. The zero-order valence-electron chi connectivity index (χ0n) is 17.8. The summed E-state index contributed by atoms with van der Waals surface area (Å²) < 4.78 is 0.